The summed E-state index contributed by atoms with van der Waals surface area (Å²) in [5.74, 6) is 0. The Kier molecular flexibility index (Phi) is 4.09. The van der Waals surface area contributed by atoms with Crippen LogP contribution in [0.2, 0.25) is 4.34 Å². The number of nitrogens with one attached hydrogen (secondary N) is 1. The summed E-state index contributed by atoms with van der Waals surface area (Å²) in [4.78, 5) is 6.32. The van der Waals surface area contributed by atoms with Crippen LogP contribution in [0.15, 0.2) is 24.4 Å². The molecule has 1 aromatic heterocycles. The zero-order valence-electron chi connectivity index (χ0n) is 10.7. The first-order chi connectivity index (χ1) is 8.56. The number of nitrogens with zero attached hydrogens (tertiary/aromatic N) is 2. The Morgan fingerprint density at radius 1 is 1.39 bits per heavy atom. The standard InChI is InChI=1S/C13H16ClN3S/c1-9-6-10(17(2)3)4-5-11(9)15-8-13-16-7-12(14)18-13/h4-7,15H,8H2,1-3H3. The largest absolute Gasteiger partial charge is 0.378 e. The molecule has 0 unspecified atom stereocenters. The predicted octanol–water partition coefficient (Wildman–Crippen LogP) is 3.78. The minimum atomic E-state index is 0.708. The lowest BCUT2D eigenvalue weighted by Gasteiger charge is -2.15. The van der Waals surface area contributed by atoms with Crippen LogP contribution in [-0.4, -0.2) is 19.1 Å². The number of aryl methyl sites for hydroxylation is 1. The molecule has 0 atom stereocenters. The second-order valence-electron chi connectivity index (χ2n) is 4.31. The van der Waals surface area contributed by atoms with Crippen molar-refractivity contribution in [2.45, 2.75) is 13.5 Å². The number of hydrogen-bond acceptors (Lipinski definition) is 4. The van der Waals surface area contributed by atoms with Crippen molar-refractivity contribution in [2.24, 2.45) is 0 Å². The lowest BCUT2D eigenvalue weighted by Crippen LogP contribution is -2.09. The minimum absolute atomic E-state index is 0.708. The molecule has 18 heavy (non-hydrogen) atoms. The number of benzene rings is 1. The van der Waals surface area contributed by atoms with Crippen molar-refractivity contribution in [3.63, 3.8) is 0 Å². The normalized spacial score (nSPS) is 10.4. The molecule has 96 valence electrons. The highest BCUT2D eigenvalue weighted by Crippen LogP contribution is 2.23. The van der Waals surface area contributed by atoms with Crippen LogP contribution in [0.25, 0.3) is 0 Å². The molecule has 1 N–H and O–H groups in total. The second-order valence-corrected chi connectivity index (χ2v) is 6.05. The third-order valence-electron chi connectivity index (χ3n) is 2.68. The topological polar surface area (TPSA) is 28.2 Å². The van der Waals surface area contributed by atoms with Crippen LogP contribution in [0, 0.1) is 6.92 Å². The van der Waals surface area contributed by atoms with Crippen LogP contribution in [0.3, 0.4) is 0 Å². The molecule has 5 heteroatoms. The van der Waals surface area contributed by atoms with Gasteiger partial charge >= 0.3 is 0 Å². The summed E-state index contributed by atoms with van der Waals surface area (Å²) < 4.78 is 0.728. The van der Waals surface area contributed by atoms with E-state index in [2.05, 4.69) is 40.3 Å². The van der Waals surface area contributed by atoms with Crippen molar-refractivity contribution in [3.05, 3.63) is 39.3 Å². The molecule has 0 aliphatic carbocycles. The van der Waals surface area contributed by atoms with Crippen LogP contribution in [0.5, 0.6) is 0 Å². The van der Waals surface area contributed by atoms with E-state index in [9.17, 15) is 0 Å². The molecule has 2 aromatic rings. The zero-order valence-corrected chi connectivity index (χ0v) is 12.3. The highest BCUT2D eigenvalue weighted by Gasteiger charge is 2.03. The smallest absolute Gasteiger partial charge is 0.113 e. The highest BCUT2D eigenvalue weighted by atomic mass is 35.5. The summed E-state index contributed by atoms with van der Waals surface area (Å²) in [6.45, 7) is 2.81. The van der Waals surface area contributed by atoms with E-state index in [1.54, 1.807) is 6.20 Å². The van der Waals surface area contributed by atoms with Crippen LogP contribution in [0.4, 0.5) is 11.4 Å². The van der Waals surface area contributed by atoms with Gasteiger partial charge in [-0.05, 0) is 30.7 Å². The van der Waals surface area contributed by atoms with E-state index in [1.807, 2.05) is 14.1 Å². The number of rotatable bonds is 4. The van der Waals surface area contributed by atoms with Crippen LogP contribution >= 0.6 is 22.9 Å². The Balaban J connectivity index is 2.05. The molecule has 1 heterocycles. The van der Waals surface area contributed by atoms with E-state index >= 15 is 0 Å². The van der Waals surface area contributed by atoms with Gasteiger partial charge in [0.05, 0.1) is 12.7 Å². The lowest BCUT2D eigenvalue weighted by molar-refractivity contribution is 1.09. The number of thiazole rings is 1. The number of aromatic nitrogens is 1. The van der Waals surface area contributed by atoms with Crippen molar-refractivity contribution >= 4 is 34.3 Å². The van der Waals surface area contributed by atoms with E-state index in [4.69, 9.17) is 11.6 Å². The molecule has 0 saturated carbocycles. The van der Waals surface area contributed by atoms with E-state index in [-0.39, 0.29) is 0 Å². The van der Waals surface area contributed by atoms with Gasteiger partial charge in [0.25, 0.3) is 0 Å². The van der Waals surface area contributed by atoms with Gasteiger partial charge in [0.1, 0.15) is 9.34 Å². The Hall–Kier alpha value is -1.26. The van der Waals surface area contributed by atoms with E-state index in [0.29, 0.717) is 6.54 Å². The fourth-order valence-electron chi connectivity index (χ4n) is 1.66. The number of halogens is 1. The van der Waals surface area contributed by atoms with Gasteiger partial charge in [0.15, 0.2) is 0 Å². The number of hydrogen-bond donors (Lipinski definition) is 1. The van der Waals surface area contributed by atoms with Crippen LogP contribution in [-0.2, 0) is 6.54 Å². The van der Waals surface area contributed by atoms with Gasteiger partial charge in [0, 0.05) is 25.5 Å². The molecule has 0 saturated heterocycles. The fraction of sp³-hybridized carbons (Fsp3) is 0.308. The van der Waals surface area contributed by atoms with Gasteiger partial charge in [-0.2, -0.15) is 0 Å². The average Bonchev–Trinajstić information content (AvgIpc) is 2.73. The Morgan fingerprint density at radius 3 is 2.72 bits per heavy atom. The molecular formula is C13H16ClN3S. The predicted molar refractivity (Wildman–Crippen MR) is 80.0 cm³/mol. The summed E-state index contributed by atoms with van der Waals surface area (Å²) >= 11 is 7.36. The third-order valence-corrected chi connectivity index (χ3v) is 3.80. The van der Waals surface area contributed by atoms with Gasteiger partial charge < -0.3 is 10.2 Å². The highest BCUT2D eigenvalue weighted by molar-refractivity contribution is 7.15. The summed E-state index contributed by atoms with van der Waals surface area (Å²) in [5, 5.41) is 4.38. The maximum atomic E-state index is 5.85. The molecule has 0 radical (unpaired) electrons. The summed E-state index contributed by atoms with van der Waals surface area (Å²) in [6, 6.07) is 6.36. The molecule has 0 spiro atoms. The molecule has 0 aliphatic rings. The van der Waals surface area contributed by atoms with Crippen molar-refractivity contribution in [2.75, 3.05) is 24.3 Å². The van der Waals surface area contributed by atoms with Crippen molar-refractivity contribution in [1.29, 1.82) is 0 Å². The van der Waals surface area contributed by atoms with Crippen molar-refractivity contribution in [1.82, 2.24) is 4.98 Å². The Morgan fingerprint density at radius 2 is 2.17 bits per heavy atom. The van der Waals surface area contributed by atoms with Gasteiger partial charge in [-0.15, -0.1) is 11.3 Å². The average molecular weight is 282 g/mol. The Bertz CT molecular complexity index is 537. The van der Waals surface area contributed by atoms with E-state index in [0.717, 1.165) is 15.0 Å². The molecule has 2 rings (SSSR count). The van der Waals surface area contributed by atoms with Gasteiger partial charge in [-0.3, -0.25) is 0 Å². The first-order valence-corrected chi connectivity index (χ1v) is 6.88. The molecule has 0 amide bonds. The summed E-state index contributed by atoms with van der Waals surface area (Å²) in [6.07, 6.45) is 1.69. The quantitative estimate of drug-likeness (QED) is 0.924. The maximum absolute atomic E-state index is 5.85. The maximum Gasteiger partial charge on any atom is 0.113 e. The van der Waals surface area contributed by atoms with Gasteiger partial charge in [-0.1, -0.05) is 11.6 Å². The summed E-state index contributed by atoms with van der Waals surface area (Å²) in [7, 11) is 4.08. The molecule has 0 aliphatic heterocycles. The summed E-state index contributed by atoms with van der Waals surface area (Å²) in [5.41, 5.74) is 3.56. The van der Waals surface area contributed by atoms with Gasteiger partial charge in [-0.25, -0.2) is 4.98 Å². The number of anilines is 2. The monoisotopic (exact) mass is 281 g/mol. The molecule has 1 aromatic carbocycles. The van der Waals surface area contributed by atoms with Crippen molar-refractivity contribution < 1.29 is 0 Å². The van der Waals surface area contributed by atoms with Crippen LogP contribution in [0.1, 0.15) is 10.6 Å². The Labute approximate surface area is 116 Å². The first kappa shape index (κ1) is 13.2. The second kappa shape index (κ2) is 5.59. The molecule has 0 fully saturated rings. The van der Waals surface area contributed by atoms with Crippen molar-refractivity contribution in [3.8, 4) is 0 Å². The lowest BCUT2D eigenvalue weighted by atomic mass is 10.1. The molecule has 3 nitrogen and oxygen atoms in total. The van der Waals surface area contributed by atoms with Crippen LogP contribution < -0.4 is 10.2 Å². The molecular weight excluding hydrogens is 266 g/mol. The van der Waals surface area contributed by atoms with Gasteiger partial charge in [0.2, 0.25) is 0 Å². The SMILES string of the molecule is Cc1cc(N(C)C)ccc1NCc1ncc(Cl)s1. The van der Waals surface area contributed by atoms with E-state index in [1.165, 1.54) is 22.6 Å². The minimum Gasteiger partial charge on any atom is -0.378 e. The third kappa shape index (κ3) is 3.15. The fourth-order valence-corrected chi connectivity index (χ4v) is 2.56. The zero-order chi connectivity index (χ0) is 13.1. The first-order valence-electron chi connectivity index (χ1n) is 5.68. The van der Waals surface area contributed by atoms with E-state index < -0.39 is 0 Å². The molecule has 0 bridgehead atoms.